The van der Waals surface area contributed by atoms with Crippen LogP contribution in [0.25, 0.3) is 5.69 Å². The normalized spacial score (nSPS) is 10.9. The van der Waals surface area contributed by atoms with Gasteiger partial charge in [0.05, 0.1) is 11.4 Å². The zero-order valence-corrected chi connectivity index (χ0v) is 18.1. The summed E-state index contributed by atoms with van der Waals surface area (Å²) < 4.78 is 1.56. The standard InChI is InChI=1S/C22H22ClN3OSi/c1-16-20(23)25-21(22(27)26(16)18-11-6-5-7-12-18)24-19-13-9-8-10-17(19)14-15-28(2,3)4/h5-13H,1-4H3,(H,24,25). The fourth-order valence-electron chi connectivity index (χ4n) is 2.63. The molecule has 0 radical (unpaired) electrons. The van der Waals surface area contributed by atoms with Crippen molar-refractivity contribution in [2.45, 2.75) is 26.6 Å². The highest BCUT2D eigenvalue weighted by Gasteiger charge is 2.15. The predicted octanol–water partition coefficient (Wildman–Crippen LogP) is 5.17. The van der Waals surface area contributed by atoms with Gasteiger partial charge in [-0.05, 0) is 31.2 Å². The van der Waals surface area contributed by atoms with Crippen molar-refractivity contribution < 1.29 is 0 Å². The van der Waals surface area contributed by atoms with Gasteiger partial charge in [0.2, 0.25) is 0 Å². The van der Waals surface area contributed by atoms with Gasteiger partial charge in [-0.2, -0.15) is 0 Å². The molecule has 3 aromatic rings. The van der Waals surface area contributed by atoms with Crippen LogP contribution in [-0.4, -0.2) is 17.6 Å². The predicted molar refractivity (Wildman–Crippen MR) is 120 cm³/mol. The van der Waals surface area contributed by atoms with Crippen molar-refractivity contribution in [1.29, 1.82) is 0 Å². The van der Waals surface area contributed by atoms with E-state index in [1.807, 2.05) is 54.6 Å². The molecule has 0 atom stereocenters. The molecule has 0 amide bonds. The van der Waals surface area contributed by atoms with Crippen LogP contribution in [0.3, 0.4) is 0 Å². The van der Waals surface area contributed by atoms with Gasteiger partial charge in [0.1, 0.15) is 8.07 Å². The molecule has 1 aromatic heterocycles. The van der Waals surface area contributed by atoms with E-state index in [1.165, 1.54) is 0 Å². The van der Waals surface area contributed by atoms with Crippen molar-refractivity contribution in [2.24, 2.45) is 0 Å². The Kier molecular flexibility index (Phi) is 5.73. The molecule has 3 rings (SSSR count). The maximum atomic E-state index is 13.1. The summed E-state index contributed by atoms with van der Waals surface area (Å²) in [6.07, 6.45) is 0. The summed E-state index contributed by atoms with van der Waals surface area (Å²) in [4.78, 5) is 17.4. The minimum absolute atomic E-state index is 0.168. The summed E-state index contributed by atoms with van der Waals surface area (Å²) >= 11 is 6.33. The molecule has 0 bridgehead atoms. The zero-order valence-electron chi connectivity index (χ0n) is 16.4. The molecule has 0 aliphatic rings. The second-order valence-electron chi connectivity index (χ2n) is 7.48. The lowest BCUT2D eigenvalue weighted by molar-refractivity contribution is 0.908. The van der Waals surface area contributed by atoms with Gasteiger partial charge in [0.25, 0.3) is 5.56 Å². The molecule has 0 spiro atoms. The van der Waals surface area contributed by atoms with Gasteiger partial charge in [-0.15, -0.1) is 5.54 Å². The van der Waals surface area contributed by atoms with Gasteiger partial charge in [-0.25, -0.2) is 4.98 Å². The highest BCUT2D eigenvalue weighted by molar-refractivity contribution is 6.83. The molecular formula is C22H22ClN3OSi. The van der Waals surface area contributed by atoms with Crippen LogP contribution in [-0.2, 0) is 0 Å². The Bertz CT molecular complexity index is 1120. The van der Waals surface area contributed by atoms with Crippen LogP contribution in [0.15, 0.2) is 59.4 Å². The van der Waals surface area contributed by atoms with Gasteiger partial charge in [0, 0.05) is 11.3 Å². The third-order valence-electron chi connectivity index (χ3n) is 4.02. The molecule has 1 N–H and O–H groups in total. The highest BCUT2D eigenvalue weighted by Crippen LogP contribution is 2.21. The first-order chi connectivity index (χ1) is 13.3. The van der Waals surface area contributed by atoms with Crippen LogP contribution >= 0.6 is 11.6 Å². The van der Waals surface area contributed by atoms with E-state index in [-0.39, 0.29) is 16.5 Å². The molecular weight excluding hydrogens is 386 g/mol. The van der Waals surface area contributed by atoms with Crippen LogP contribution < -0.4 is 10.9 Å². The maximum Gasteiger partial charge on any atom is 0.298 e. The number of para-hydroxylation sites is 2. The van der Waals surface area contributed by atoms with Crippen molar-refractivity contribution in [1.82, 2.24) is 9.55 Å². The smallest absolute Gasteiger partial charge is 0.298 e. The van der Waals surface area contributed by atoms with Crippen molar-refractivity contribution in [2.75, 3.05) is 5.32 Å². The average molecular weight is 408 g/mol. The van der Waals surface area contributed by atoms with E-state index < -0.39 is 8.07 Å². The molecule has 4 nitrogen and oxygen atoms in total. The summed E-state index contributed by atoms with van der Waals surface area (Å²) in [6.45, 7) is 8.35. The molecule has 142 valence electrons. The van der Waals surface area contributed by atoms with E-state index >= 15 is 0 Å². The lowest BCUT2D eigenvalue weighted by Gasteiger charge is -2.14. The van der Waals surface area contributed by atoms with Crippen LogP contribution in [0, 0.1) is 18.4 Å². The van der Waals surface area contributed by atoms with E-state index in [2.05, 4.69) is 41.4 Å². The SMILES string of the molecule is Cc1c(Cl)nc(Nc2ccccc2C#C[Si](C)(C)C)c(=O)n1-c1ccccc1. The van der Waals surface area contributed by atoms with Crippen LogP contribution in [0.5, 0.6) is 0 Å². The van der Waals surface area contributed by atoms with Crippen molar-refractivity contribution in [3.8, 4) is 17.2 Å². The van der Waals surface area contributed by atoms with E-state index in [4.69, 9.17) is 11.6 Å². The molecule has 2 aromatic carbocycles. The average Bonchev–Trinajstić information content (AvgIpc) is 2.66. The highest BCUT2D eigenvalue weighted by atomic mass is 35.5. The van der Waals surface area contributed by atoms with Gasteiger partial charge in [-0.3, -0.25) is 9.36 Å². The molecule has 0 aliphatic carbocycles. The minimum Gasteiger partial charge on any atom is -0.335 e. The fraction of sp³-hybridized carbons (Fsp3) is 0.182. The third kappa shape index (κ3) is 4.53. The van der Waals surface area contributed by atoms with E-state index in [0.29, 0.717) is 5.69 Å². The molecule has 6 heteroatoms. The van der Waals surface area contributed by atoms with Crippen LogP contribution in [0.4, 0.5) is 11.5 Å². The van der Waals surface area contributed by atoms with Crippen LogP contribution in [0.1, 0.15) is 11.3 Å². The molecule has 28 heavy (non-hydrogen) atoms. The summed E-state index contributed by atoms with van der Waals surface area (Å²) in [5.74, 6) is 3.41. The lowest BCUT2D eigenvalue weighted by atomic mass is 10.2. The third-order valence-corrected chi connectivity index (χ3v) is 5.25. The first-order valence-corrected chi connectivity index (χ1v) is 12.9. The number of benzene rings is 2. The zero-order chi connectivity index (χ0) is 20.3. The number of nitrogens with zero attached hydrogens (tertiary/aromatic N) is 2. The van der Waals surface area contributed by atoms with Crippen molar-refractivity contribution in [3.05, 3.63) is 81.4 Å². The quantitative estimate of drug-likeness (QED) is 0.481. The van der Waals surface area contributed by atoms with Gasteiger partial charge in [-0.1, -0.05) is 67.5 Å². The Hall–Kier alpha value is -2.81. The number of halogens is 1. The van der Waals surface area contributed by atoms with E-state index in [1.54, 1.807) is 11.5 Å². The molecule has 0 saturated carbocycles. The van der Waals surface area contributed by atoms with E-state index in [0.717, 1.165) is 16.9 Å². The second kappa shape index (κ2) is 8.05. The largest absolute Gasteiger partial charge is 0.335 e. The summed E-state index contributed by atoms with van der Waals surface area (Å²) in [7, 11) is -1.53. The van der Waals surface area contributed by atoms with Gasteiger partial charge in [0.15, 0.2) is 11.0 Å². The molecule has 0 saturated heterocycles. The summed E-state index contributed by atoms with van der Waals surface area (Å²) in [5, 5.41) is 3.41. The number of anilines is 2. The lowest BCUT2D eigenvalue weighted by Crippen LogP contribution is -2.25. The molecule has 0 fully saturated rings. The van der Waals surface area contributed by atoms with Crippen molar-refractivity contribution in [3.63, 3.8) is 0 Å². The van der Waals surface area contributed by atoms with Gasteiger partial charge >= 0.3 is 0 Å². The number of hydrogen-bond donors (Lipinski definition) is 1. The summed E-state index contributed by atoms with van der Waals surface area (Å²) in [5.41, 5.74) is 5.99. The van der Waals surface area contributed by atoms with Gasteiger partial charge < -0.3 is 5.32 Å². The number of hydrogen-bond acceptors (Lipinski definition) is 3. The molecule has 1 heterocycles. The molecule has 0 aliphatic heterocycles. The first-order valence-electron chi connectivity index (χ1n) is 9.00. The number of aromatic nitrogens is 2. The summed E-state index contributed by atoms with van der Waals surface area (Å²) in [6, 6.07) is 17.0. The monoisotopic (exact) mass is 407 g/mol. The number of nitrogens with one attached hydrogen (secondary N) is 1. The number of rotatable bonds is 3. The second-order valence-corrected chi connectivity index (χ2v) is 12.6. The Morgan fingerprint density at radius 1 is 1.04 bits per heavy atom. The topological polar surface area (TPSA) is 46.9 Å². The van der Waals surface area contributed by atoms with Crippen LogP contribution in [0.2, 0.25) is 24.8 Å². The van der Waals surface area contributed by atoms with E-state index in [9.17, 15) is 4.79 Å². The minimum atomic E-state index is -1.53. The first kappa shape index (κ1) is 19.9. The molecule has 0 unspecified atom stereocenters. The Labute approximate surface area is 171 Å². The van der Waals surface area contributed by atoms with Crippen molar-refractivity contribution >= 4 is 31.2 Å². The Morgan fingerprint density at radius 2 is 1.68 bits per heavy atom. The maximum absolute atomic E-state index is 13.1. The Balaban J connectivity index is 2.09. The Morgan fingerprint density at radius 3 is 2.36 bits per heavy atom. The fourth-order valence-corrected chi connectivity index (χ4v) is 3.31.